The van der Waals surface area contributed by atoms with E-state index in [9.17, 15) is 8.42 Å². The Labute approximate surface area is 127 Å². The summed E-state index contributed by atoms with van der Waals surface area (Å²) in [6, 6.07) is 7.15. The van der Waals surface area contributed by atoms with Gasteiger partial charge in [0, 0.05) is 18.7 Å². The Morgan fingerprint density at radius 2 is 2.00 bits per heavy atom. The Morgan fingerprint density at radius 1 is 1.29 bits per heavy atom. The zero-order valence-corrected chi connectivity index (χ0v) is 13.6. The van der Waals surface area contributed by atoms with Crippen LogP contribution in [0.25, 0.3) is 0 Å². The van der Waals surface area contributed by atoms with Gasteiger partial charge in [-0.05, 0) is 45.7 Å². The van der Waals surface area contributed by atoms with Crippen molar-refractivity contribution in [3.63, 3.8) is 0 Å². The summed E-state index contributed by atoms with van der Waals surface area (Å²) in [5.74, 6) is 0. The number of rotatable bonds is 5. The Bertz CT molecular complexity index is 572. The zero-order chi connectivity index (χ0) is 15.5. The first-order valence-corrected chi connectivity index (χ1v) is 8.86. The fourth-order valence-electron chi connectivity index (χ4n) is 2.54. The summed E-state index contributed by atoms with van der Waals surface area (Å²) in [5.41, 5.74) is 0.657. The fraction of sp³-hybridized carbons (Fsp3) is 0.600. The van der Waals surface area contributed by atoms with Crippen molar-refractivity contribution in [2.24, 2.45) is 0 Å². The molecule has 1 heterocycles. The third-order valence-electron chi connectivity index (χ3n) is 3.41. The molecule has 1 aliphatic rings. The van der Waals surface area contributed by atoms with Gasteiger partial charge in [-0.1, -0.05) is 12.1 Å². The molecule has 0 aliphatic carbocycles. The molecule has 1 aromatic carbocycles. The second-order valence-corrected chi connectivity index (χ2v) is 7.50. The second-order valence-electron chi connectivity index (χ2n) is 5.82. The van der Waals surface area contributed by atoms with Gasteiger partial charge in [0.2, 0.25) is 10.0 Å². The van der Waals surface area contributed by atoms with Gasteiger partial charge in [-0.2, -0.15) is 0 Å². The first-order valence-electron chi connectivity index (χ1n) is 7.38. The number of benzene rings is 1. The maximum atomic E-state index is 12.4. The lowest BCUT2D eigenvalue weighted by Crippen LogP contribution is -2.34. The summed E-state index contributed by atoms with van der Waals surface area (Å²) < 4.78 is 32.9. The van der Waals surface area contributed by atoms with Crippen LogP contribution >= 0.6 is 0 Å². The third kappa shape index (κ3) is 4.43. The van der Waals surface area contributed by atoms with Crippen LogP contribution in [-0.4, -0.2) is 33.2 Å². The summed E-state index contributed by atoms with van der Waals surface area (Å²) in [6.45, 7) is 6.37. The SMILES string of the molecule is CC(C)NS(=O)(=O)c1ccccc1NC1CCOC(C)C1. The fourth-order valence-corrected chi connectivity index (χ4v) is 3.96. The van der Waals surface area contributed by atoms with Gasteiger partial charge in [-0.15, -0.1) is 0 Å². The van der Waals surface area contributed by atoms with Crippen LogP contribution in [0.3, 0.4) is 0 Å². The molecule has 0 radical (unpaired) electrons. The Kier molecular flexibility index (Phi) is 5.24. The van der Waals surface area contributed by atoms with E-state index < -0.39 is 10.0 Å². The Hall–Kier alpha value is -1.11. The molecule has 2 N–H and O–H groups in total. The average Bonchev–Trinajstić information content (AvgIpc) is 2.37. The molecule has 1 saturated heterocycles. The van der Waals surface area contributed by atoms with Gasteiger partial charge in [0.05, 0.1) is 11.8 Å². The van der Waals surface area contributed by atoms with E-state index in [0.29, 0.717) is 17.2 Å². The normalized spacial score (nSPS) is 23.2. The average molecular weight is 312 g/mol. The number of sulfonamides is 1. The van der Waals surface area contributed by atoms with E-state index in [1.807, 2.05) is 32.9 Å². The zero-order valence-electron chi connectivity index (χ0n) is 12.8. The van der Waals surface area contributed by atoms with Gasteiger partial charge in [0.1, 0.15) is 4.90 Å². The van der Waals surface area contributed by atoms with Crippen molar-refractivity contribution < 1.29 is 13.2 Å². The van der Waals surface area contributed by atoms with Crippen molar-refractivity contribution in [1.29, 1.82) is 0 Å². The van der Waals surface area contributed by atoms with Crippen molar-refractivity contribution in [3.8, 4) is 0 Å². The lowest BCUT2D eigenvalue weighted by atomic mass is 10.0. The van der Waals surface area contributed by atoms with Crippen molar-refractivity contribution in [2.45, 2.75) is 56.7 Å². The molecule has 0 bridgehead atoms. The van der Waals surface area contributed by atoms with Crippen LogP contribution in [0.5, 0.6) is 0 Å². The summed E-state index contributed by atoms with van der Waals surface area (Å²) in [5, 5.41) is 3.36. The molecule has 5 nitrogen and oxygen atoms in total. The van der Waals surface area contributed by atoms with Crippen LogP contribution in [0.1, 0.15) is 33.6 Å². The molecule has 2 unspecified atom stereocenters. The summed E-state index contributed by atoms with van der Waals surface area (Å²) in [4.78, 5) is 0.304. The number of ether oxygens (including phenoxy) is 1. The molecule has 21 heavy (non-hydrogen) atoms. The molecule has 0 saturated carbocycles. The molecule has 2 atom stereocenters. The van der Waals surface area contributed by atoms with E-state index in [0.717, 1.165) is 12.8 Å². The molecule has 118 valence electrons. The van der Waals surface area contributed by atoms with E-state index in [1.54, 1.807) is 12.1 Å². The van der Waals surface area contributed by atoms with Crippen LogP contribution in [0, 0.1) is 0 Å². The van der Waals surface area contributed by atoms with E-state index >= 15 is 0 Å². The van der Waals surface area contributed by atoms with Gasteiger partial charge >= 0.3 is 0 Å². The molecule has 1 fully saturated rings. The highest BCUT2D eigenvalue weighted by Gasteiger charge is 2.23. The minimum atomic E-state index is -3.50. The Morgan fingerprint density at radius 3 is 2.67 bits per heavy atom. The summed E-state index contributed by atoms with van der Waals surface area (Å²) in [7, 11) is -3.50. The number of anilines is 1. The van der Waals surface area contributed by atoms with E-state index in [-0.39, 0.29) is 18.2 Å². The molecule has 0 amide bonds. The number of para-hydroxylation sites is 1. The van der Waals surface area contributed by atoms with Crippen LogP contribution in [0.2, 0.25) is 0 Å². The number of nitrogens with one attached hydrogen (secondary N) is 2. The van der Waals surface area contributed by atoms with Gasteiger partial charge < -0.3 is 10.1 Å². The van der Waals surface area contributed by atoms with E-state index in [1.165, 1.54) is 0 Å². The van der Waals surface area contributed by atoms with E-state index in [4.69, 9.17) is 4.74 Å². The lowest BCUT2D eigenvalue weighted by Gasteiger charge is -2.29. The summed E-state index contributed by atoms with van der Waals surface area (Å²) in [6.07, 6.45) is 1.97. The van der Waals surface area contributed by atoms with Crippen LogP contribution in [0.15, 0.2) is 29.2 Å². The highest BCUT2D eigenvalue weighted by atomic mass is 32.2. The topological polar surface area (TPSA) is 67.4 Å². The lowest BCUT2D eigenvalue weighted by molar-refractivity contribution is 0.0232. The molecular weight excluding hydrogens is 288 g/mol. The minimum absolute atomic E-state index is 0.133. The second kappa shape index (κ2) is 6.77. The van der Waals surface area contributed by atoms with Crippen molar-refractivity contribution in [3.05, 3.63) is 24.3 Å². The largest absolute Gasteiger partial charge is 0.381 e. The first-order chi connectivity index (χ1) is 9.88. The van der Waals surface area contributed by atoms with Gasteiger partial charge in [-0.25, -0.2) is 13.1 Å². The standard InChI is InChI=1S/C15H24N2O3S/c1-11(2)17-21(18,19)15-7-5-4-6-14(15)16-13-8-9-20-12(3)10-13/h4-7,11-13,16-17H,8-10H2,1-3H3. The van der Waals surface area contributed by atoms with Gasteiger partial charge in [0.15, 0.2) is 0 Å². The highest BCUT2D eigenvalue weighted by molar-refractivity contribution is 7.89. The van der Waals surface area contributed by atoms with Crippen LogP contribution in [-0.2, 0) is 14.8 Å². The van der Waals surface area contributed by atoms with Crippen molar-refractivity contribution in [1.82, 2.24) is 4.72 Å². The summed E-state index contributed by atoms with van der Waals surface area (Å²) >= 11 is 0. The highest BCUT2D eigenvalue weighted by Crippen LogP contribution is 2.25. The predicted octanol–water partition coefficient (Wildman–Crippen LogP) is 2.35. The van der Waals surface area contributed by atoms with Crippen LogP contribution < -0.4 is 10.0 Å². The first kappa shape index (κ1) is 16.3. The number of hydrogen-bond acceptors (Lipinski definition) is 4. The smallest absolute Gasteiger partial charge is 0.242 e. The monoisotopic (exact) mass is 312 g/mol. The van der Waals surface area contributed by atoms with E-state index in [2.05, 4.69) is 10.0 Å². The third-order valence-corrected chi connectivity index (χ3v) is 5.13. The molecule has 1 aliphatic heterocycles. The molecule has 1 aromatic rings. The minimum Gasteiger partial charge on any atom is -0.381 e. The van der Waals surface area contributed by atoms with Crippen molar-refractivity contribution >= 4 is 15.7 Å². The van der Waals surface area contributed by atoms with Crippen molar-refractivity contribution in [2.75, 3.05) is 11.9 Å². The Balaban J connectivity index is 2.21. The number of hydrogen-bond donors (Lipinski definition) is 2. The quantitative estimate of drug-likeness (QED) is 0.876. The molecular formula is C15H24N2O3S. The van der Waals surface area contributed by atoms with Gasteiger partial charge in [-0.3, -0.25) is 0 Å². The van der Waals surface area contributed by atoms with Crippen LogP contribution in [0.4, 0.5) is 5.69 Å². The molecule has 0 spiro atoms. The maximum Gasteiger partial charge on any atom is 0.242 e. The van der Waals surface area contributed by atoms with Gasteiger partial charge in [0.25, 0.3) is 0 Å². The molecule has 0 aromatic heterocycles. The molecule has 6 heteroatoms. The maximum absolute atomic E-state index is 12.4. The molecule has 2 rings (SSSR count). The predicted molar refractivity (Wildman–Crippen MR) is 84.0 cm³/mol.